The number of nitrogens with one attached hydrogen (secondary N) is 1. The second-order valence-corrected chi connectivity index (χ2v) is 5.64. The first-order valence-corrected chi connectivity index (χ1v) is 7.35. The van der Waals surface area contributed by atoms with E-state index in [1.165, 1.54) is 0 Å². The standard InChI is InChI=1S/C15H17BrN2O2/c1-4-20-15(19)13-12(17-14(18-13)9(2)3)10-5-7-11(16)8-6-10/h5-9H,4H2,1-3H3,(H,17,18). The highest BCUT2D eigenvalue weighted by Gasteiger charge is 2.20. The van der Waals surface area contributed by atoms with Gasteiger partial charge >= 0.3 is 5.97 Å². The fourth-order valence-corrected chi connectivity index (χ4v) is 2.10. The van der Waals surface area contributed by atoms with E-state index in [1.807, 2.05) is 38.1 Å². The SMILES string of the molecule is CCOC(=O)c1[nH]c(C(C)C)nc1-c1ccc(Br)cc1. The molecular formula is C15H17BrN2O2. The van der Waals surface area contributed by atoms with Gasteiger partial charge < -0.3 is 9.72 Å². The molecule has 0 aliphatic heterocycles. The highest BCUT2D eigenvalue weighted by molar-refractivity contribution is 9.10. The van der Waals surface area contributed by atoms with Gasteiger partial charge in [-0.3, -0.25) is 0 Å². The number of hydrogen-bond acceptors (Lipinski definition) is 3. The molecule has 2 aromatic rings. The van der Waals surface area contributed by atoms with E-state index >= 15 is 0 Å². The number of hydrogen-bond donors (Lipinski definition) is 1. The van der Waals surface area contributed by atoms with Gasteiger partial charge in [0, 0.05) is 16.0 Å². The van der Waals surface area contributed by atoms with Crippen molar-refractivity contribution in [3.8, 4) is 11.3 Å². The fourth-order valence-electron chi connectivity index (χ4n) is 1.83. The Hall–Kier alpha value is -1.62. The zero-order valence-corrected chi connectivity index (χ0v) is 13.3. The van der Waals surface area contributed by atoms with Crippen molar-refractivity contribution in [3.63, 3.8) is 0 Å². The summed E-state index contributed by atoms with van der Waals surface area (Å²) in [5.41, 5.74) is 1.94. The summed E-state index contributed by atoms with van der Waals surface area (Å²) in [4.78, 5) is 19.7. The Kier molecular flexibility index (Phi) is 4.60. The largest absolute Gasteiger partial charge is 0.461 e. The number of nitrogens with zero attached hydrogens (tertiary/aromatic N) is 1. The third kappa shape index (κ3) is 3.10. The lowest BCUT2D eigenvalue weighted by Crippen LogP contribution is -2.07. The molecule has 1 aromatic carbocycles. The second-order valence-electron chi connectivity index (χ2n) is 4.73. The van der Waals surface area contributed by atoms with Gasteiger partial charge in [-0.2, -0.15) is 0 Å². The Labute approximate surface area is 126 Å². The maximum absolute atomic E-state index is 12.0. The monoisotopic (exact) mass is 336 g/mol. The zero-order chi connectivity index (χ0) is 14.7. The topological polar surface area (TPSA) is 55.0 Å². The molecule has 0 fully saturated rings. The molecule has 0 spiro atoms. The highest BCUT2D eigenvalue weighted by Crippen LogP contribution is 2.26. The van der Waals surface area contributed by atoms with Gasteiger partial charge in [-0.1, -0.05) is 41.9 Å². The predicted molar refractivity (Wildman–Crippen MR) is 81.8 cm³/mol. The lowest BCUT2D eigenvalue weighted by atomic mass is 10.1. The molecule has 1 N–H and O–H groups in total. The molecule has 2 rings (SSSR count). The van der Waals surface area contributed by atoms with E-state index in [0.29, 0.717) is 18.0 Å². The number of imidazole rings is 1. The van der Waals surface area contributed by atoms with Crippen LogP contribution >= 0.6 is 15.9 Å². The summed E-state index contributed by atoms with van der Waals surface area (Å²) in [6, 6.07) is 7.70. The lowest BCUT2D eigenvalue weighted by Gasteiger charge is -2.02. The molecule has 0 amide bonds. The maximum Gasteiger partial charge on any atom is 0.357 e. The van der Waals surface area contributed by atoms with Crippen molar-refractivity contribution in [1.82, 2.24) is 9.97 Å². The molecule has 0 bridgehead atoms. The van der Waals surface area contributed by atoms with E-state index in [-0.39, 0.29) is 11.9 Å². The number of H-pyrrole nitrogens is 1. The maximum atomic E-state index is 12.0. The van der Waals surface area contributed by atoms with Crippen molar-refractivity contribution in [1.29, 1.82) is 0 Å². The van der Waals surface area contributed by atoms with Crippen LogP contribution in [-0.4, -0.2) is 22.5 Å². The van der Waals surface area contributed by atoms with Crippen LogP contribution < -0.4 is 0 Å². The summed E-state index contributed by atoms with van der Waals surface area (Å²) >= 11 is 3.40. The van der Waals surface area contributed by atoms with Crippen LogP contribution in [-0.2, 0) is 4.74 Å². The van der Waals surface area contributed by atoms with E-state index in [4.69, 9.17) is 4.74 Å². The van der Waals surface area contributed by atoms with Crippen molar-refractivity contribution in [2.24, 2.45) is 0 Å². The molecule has 0 aliphatic rings. The molecule has 4 nitrogen and oxygen atoms in total. The minimum Gasteiger partial charge on any atom is -0.461 e. The molecular weight excluding hydrogens is 320 g/mol. The third-order valence-electron chi connectivity index (χ3n) is 2.87. The minimum absolute atomic E-state index is 0.215. The van der Waals surface area contributed by atoms with Crippen molar-refractivity contribution < 1.29 is 9.53 Å². The molecule has 0 saturated carbocycles. The quantitative estimate of drug-likeness (QED) is 0.853. The zero-order valence-electron chi connectivity index (χ0n) is 11.7. The van der Waals surface area contributed by atoms with Crippen LogP contribution in [0.15, 0.2) is 28.7 Å². The molecule has 1 heterocycles. The van der Waals surface area contributed by atoms with Gasteiger partial charge in [-0.25, -0.2) is 9.78 Å². The van der Waals surface area contributed by atoms with Gasteiger partial charge in [-0.15, -0.1) is 0 Å². The van der Waals surface area contributed by atoms with Crippen LogP contribution in [0.1, 0.15) is 43.0 Å². The first kappa shape index (κ1) is 14.8. The molecule has 0 radical (unpaired) electrons. The van der Waals surface area contributed by atoms with Crippen LogP contribution in [0.4, 0.5) is 0 Å². The van der Waals surface area contributed by atoms with E-state index < -0.39 is 0 Å². The normalized spacial score (nSPS) is 10.8. The van der Waals surface area contributed by atoms with E-state index in [1.54, 1.807) is 6.92 Å². The number of esters is 1. The fraction of sp³-hybridized carbons (Fsp3) is 0.333. The molecule has 0 atom stereocenters. The van der Waals surface area contributed by atoms with Crippen LogP contribution in [0, 0.1) is 0 Å². The van der Waals surface area contributed by atoms with Gasteiger partial charge in [0.1, 0.15) is 11.5 Å². The Balaban J connectivity index is 2.49. The summed E-state index contributed by atoms with van der Waals surface area (Å²) in [6.07, 6.45) is 0. The average molecular weight is 337 g/mol. The van der Waals surface area contributed by atoms with Crippen LogP contribution in [0.25, 0.3) is 11.3 Å². The summed E-state index contributed by atoms with van der Waals surface area (Å²) in [5.74, 6) is 0.628. The van der Waals surface area contributed by atoms with E-state index in [9.17, 15) is 4.79 Å². The summed E-state index contributed by atoms with van der Waals surface area (Å²) in [5, 5.41) is 0. The predicted octanol–water partition coefficient (Wildman–Crippen LogP) is 4.14. The Morgan fingerprint density at radius 2 is 2.00 bits per heavy atom. The van der Waals surface area contributed by atoms with Gasteiger partial charge in [0.05, 0.1) is 6.61 Å². The second kappa shape index (κ2) is 6.22. The van der Waals surface area contributed by atoms with Gasteiger partial charge in [-0.05, 0) is 19.1 Å². The molecule has 0 saturated heterocycles. The van der Waals surface area contributed by atoms with Gasteiger partial charge in [0.15, 0.2) is 5.69 Å². The van der Waals surface area contributed by atoms with Crippen molar-refractivity contribution in [2.45, 2.75) is 26.7 Å². The van der Waals surface area contributed by atoms with E-state index in [0.717, 1.165) is 15.9 Å². The molecule has 0 aliphatic carbocycles. The molecule has 5 heteroatoms. The number of halogens is 1. The minimum atomic E-state index is -0.371. The number of ether oxygens (including phenoxy) is 1. The molecule has 1 aromatic heterocycles. The Morgan fingerprint density at radius 3 is 2.55 bits per heavy atom. The van der Waals surface area contributed by atoms with Crippen molar-refractivity contribution in [2.75, 3.05) is 6.61 Å². The highest BCUT2D eigenvalue weighted by atomic mass is 79.9. The number of aromatic amines is 1. The Bertz CT molecular complexity index is 603. The molecule has 106 valence electrons. The summed E-state index contributed by atoms with van der Waals surface area (Å²) in [7, 11) is 0. The molecule has 20 heavy (non-hydrogen) atoms. The number of carbonyl (C=O) groups is 1. The first-order valence-electron chi connectivity index (χ1n) is 6.55. The van der Waals surface area contributed by atoms with Crippen molar-refractivity contribution >= 4 is 21.9 Å². The Morgan fingerprint density at radius 1 is 1.35 bits per heavy atom. The summed E-state index contributed by atoms with van der Waals surface area (Å²) in [6.45, 7) is 6.18. The average Bonchev–Trinajstić information content (AvgIpc) is 2.85. The van der Waals surface area contributed by atoms with Gasteiger partial charge in [0.2, 0.25) is 0 Å². The summed E-state index contributed by atoms with van der Waals surface area (Å²) < 4.78 is 6.07. The third-order valence-corrected chi connectivity index (χ3v) is 3.39. The number of carbonyl (C=O) groups excluding carboxylic acids is 1. The number of benzene rings is 1. The number of aromatic nitrogens is 2. The van der Waals surface area contributed by atoms with E-state index in [2.05, 4.69) is 25.9 Å². The van der Waals surface area contributed by atoms with Crippen LogP contribution in [0.5, 0.6) is 0 Å². The number of rotatable bonds is 4. The first-order chi connectivity index (χ1) is 9.52. The van der Waals surface area contributed by atoms with Crippen molar-refractivity contribution in [3.05, 3.63) is 40.3 Å². The smallest absolute Gasteiger partial charge is 0.357 e. The van der Waals surface area contributed by atoms with Crippen LogP contribution in [0.2, 0.25) is 0 Å². The lowest BCUT2D eigenvalue weighted by molar-refractivity contribution is 0.0521. The van der Waals surface area contributed by atoms with Crippen LogP contribution in [0.3, 0.4) is 0 Å². The molecule has 0 unspecified atom stereocenters. The van der Waals surface area contributed by atoms with Gasteiger partial charge in [0.25, 0.3) is 0 Å².